The van der Waals surface area contributed by atoms with Gasteiger partial charge in [-0.15, -0.1) is 23.4 Å². The Bertz CT molecular complexity index is 369. The lowest BCUT2D eigenvalue weighted by Crippen LogP contribution is -2.36. The highest BCUT2D eigenvalue weighted by Gasteiger charge is 2.25. The molecule has 0 saturated heterocycles. The van der Waals surface area contributed by atoms with Gasteiger partial charge >= 0.3 is 0 Å². The smallest absolute Gasteiger partial charge is 0.223 e. The molecule has 0 spiro atoms. The number of rotatable bonds is 0. The van der Waals surface area contributed by atoms with E-state index in [4.69, 9.17) is 11.6 Å². The van der Waals surface area contributed by atoms with Crippen molar-refractivity contribution in [2.24, 2.45) is 0 Å². The van der Waals surface area contributed by atoms with Crippen molar-refractivity contribution in [2.75, 3.05) is 11.4 Å². The molecule has 2 rings (SSSR count). The molecular formula is C10H10ClNOS. The first-order chi connectivity index (χ1) is 6.68. The molecule has 1 aromatic carbocycles. The molecule has 0 radical (unpaired) electrons. The number of para-hydroxylation sites is 1. The van der Waals surface area contributed by atoms with Gasteiger partial charge in [-0.05, 0) is 12.1 Å². The fraction of sp³-hybridized carbons (Fsp3) is 0.300. The Labute approximate surface area is 92.2 Å². The maximum absolute atomic E-state index is 11.4. The molecule has 2 nitrogen and oxygen atoms in total. The van der Waals surface area contributed by atoms with Crippen molar-refractivity contribution in [3.05, 3.63) is 24.3 Å². The van der Waals surface area contributed by atoms with E-state index in [1.807, 2.05) is 24.3 Å². The molecule has 1 unspecified atom stereocenters. The number of fused-ring (bicyclic) bond motifs is 1. The predicted molar refractivity (Wildman–Crippen MR) is 60.0 cm³/mol. The van der Waals surface area contributed by atoms with E-state index < -0.39 is 0 Å². The summed E-state index contributed by atoms with van der Waals surface area (Å²) >= 11 is 7.66. The average molecular weight is 228 g/mol. The van der Waals surface area contributed by atoms with Crippen molar-refractivity contribution in [3.63, 3.8) is 0 Å². The van der Waals surface area contributed by atoms with Gasteiger partial charge in [0.1, 0.15) is 4.71 Å². The minimum Gasteiger partial charge on any atom is -0.309 e. The van der Waals surface area contributed by atoms with Crippen LogP contribution in [0.5, 0.6) is 0 Å². The first kappa shape index (κ1) is 9.87. The molecule has 1 aliphatic heterocycles. The number of anilines is 1. The maximum Gasteiger partial charge on any atom is 0.223 e. The zero-order chi connectivity index (χ0) is 10.1. The number of halogens is 1. The number of amides is 1. The number of thioether (sulfide) groups is 1. The molecule has 1 aromatic rings. The van der Waals surface area contributed by atoms with Crippen LogP contribution in [-0.4, -0.2) is 17.2 Å². The number of nitrogens with zero attached hydrogens (tertiary/aromatic N) is 1. The standard InChI is InChI=1S/C10H10ClNOS/c1-7(13)12-6-10(11)14-9-5-3-2-4-8(9)12/h2-5,10H,6H2,1H3. The quantitative estimate of drug-likeness (QED) is 0.636. The Balaban J connectivity index is 2.43. The van der Waals surface area contributed by atoms with Crippen LogP contribution in [0.3, 0.4) is 0 Å². The first-order valence-corrected chi connectivity index (χ1v) is 5.68. The molecule has 0 aromatic heterocycles. The number of hydrogen-bond acceptors (Lipinski definition) is 2. The summed E-state index contributed by atoms with van der Waals surface area (Å²) in [6, 6.07) is 7.83. The van der Waals surface area contributed by atoms with Crippen molar-refractivity contribution in [1.29, 1.82) is 0 Å². The monoisotopic (exact) mass is 227 g/mol. The zero-order valence-corrected chi connectivity index (χ0v) is 9.31. The summed E-state index contributed by atoms with van der Waals surface area (Å²) in [6.45, 7) is 2.15. The lowest BCUT2D eigenvalue weighted by atomic mass is 10.3. The second-order valence-electron chi connectivity index (χ2n) is 3.13. The Morgan fingerprint density at radius 2 is 2.29 bits per heavy atom. The van der Waals surface area contributed by atoms with E-state index in [1.54, 1.807) is 23.6 Å². The topological polar surface area (TPSA) is 20.3 Å². The maximum atomic E-state index is 11.4. The van der Waals surface area contributed by atoms with Crippen LogP contribution < -0.4 is 4.90 Å². The third kappa shape index (κ3) is 1.74. The lowest BCUT2D eigenvalue weighted by molar-refractivity contribution is -0.116. The summed E-state index contributed by atoms with van der Waals surface area (Å²) in [4.78, 5) is 14.2. The van der Waals surface area contributed by atoms with Crippen LogP contribution in [0.25, 0.3) is 0 Å². The molecule has 1 atom stereocenters. The van der Waals surface area contributed by atoms with Crippen LogP contribution in [0.1, 0.15) is 6.92 Å². The van der Waals surface area contributed by atoms with Crippen molar-refractivity contribution >= 4 is 35.0 Å². The van der Waals surface area contributed by atoms with Gasteiger partial charge in [-0.2, -0.15) is 0 Å². The number of carbonyl (C=O) groups is 1. The Hall–Kier alpha value is -0.670. The van der Waals surface area contributed by atoms with Gasteiger partial charge in [-0.1, -0.05) is 12.1 Å². The molecule has 0 aliphatic carbocycles. The van der Waals surface area contributed by atoms with Crippen LogP contribution in [0.2, 0.25) is 0 Å². The van der Waals surface area contributed by atoms with Crippen molar-refractivity contribution in [2.45, 2.75) is 16.5 Å². The Morgan fingerprint density at radius 3 is 3.00 bits per heavy atom. The van der Waals surface area contributed by atoms with Gasteiger partial charge in [0, 0.05) is 11.8 Å². The highest BCUT2D eigenvalue weighted by molar-refractivity contribution is 8.01. The highest BCUT2D eigenvalue weighted by atomic mass is 35.5. The van der Waals surface area contributed by atoms with Gasteiger partial charge in [0.15, 0.2) is 0 Å². The Morgan fingerprint density at radius 1 is 1.57 bits per heavy atom. The van der Waals surface area contributed by atoms with Gasteiger partial charge in [-0.3, -0.25) is 4.79 Å². The average Bonchev–Trinajstić information content (AvgIpc) is 2.16. The summed E-state index contributed by atoms with van der Waals surface area (Å²) in [5, 5.41) is 0. The summed E-state index contributed by atoms with van der Waals surface area (Å²) in [5.74, 6) is 0.0448. The van der Waals surface area contributed by atoms with E-state index in [9.17, 15) is 4.79 Å². The van der Waals surface area contributed by atoms with Crippen molar-refractivity contribution in [3.8, 4) is 0 Å². The molecule has 1 aliphatic rings. The van der Waals surface area contributed by atoms with E-state index in [0.29, 0.717) is 6.54 Å². The van der Waals surface area contributed by atoms with Gasteiger partial charge in [0.05, 0.1) is 12.2 Å². The van der Waals surface area contributed by atoms with Crippen molar-refractivity contribution in [1.82, 2.24) is 0 Å². The fourth-order valence-corrected chi connectivity index (χ4v) is 2.88. The molecule has 0 bridgehead atoms. The molecule has 74 valence electrons. The number of carbonyl (C=O) groups excluding carboxylic acids is 1. The SMILES string of the molecule is CC(=O)N1CC(Cl)Sc2ccccc21. The van der Waals surface area contributed by atoms with Crippen LogP contribution in [-0.2, 0) is 4.79 Å². The number of benzene rings is 1. The molecule has 4 heteroatoms. The fourth-order valence-electron chi connectivity index (χ4n) is 1.49. The van der Waals surface area contributed by atoms with Gasteiger partial charge < -0.3 is 4.90 Å². The minimum atomic E-state index is -0.0474. The van der Waals surface area contributed by atoms with Crippen molar-refractivity contribution < 1.29 is 4.79 Å². The van der Waals surface area contributed by atoms with Crippen LogP contribution >= 0.6 is 23.4 Å². The summed E-state index contributed by atoms with van der Waals surface area (Å²) in [5.41, 5.74) is 0.974. The van der Waals surface area contributed by atoms with Crippen LogP contribution in [0.4, 0.5) is 5.69 Å². The predicted octanol–water partition coefficient (Wildman–Crippen LogP) is 2.71. The molecule has 0 N–H and O–H groups in total. The number of alkyl halides is 1. The zero-order valence-electron chi connectivity index (χ0n) is 7.74. The third-order valence-corrected chi connectivity index (χ3v) is 3.53. The van der Waals surface area contributed by atoms with E-state index in [-0.39, 0.29) is 10.6 Å². The molecule has 0 saturated carbocycles. The summed E-state index contributed by atoms with van der Waals surface area (Å²) in [7, 11) is 0. The van der Waals surface area contributed by atoms with Crippen LogP contribution in [0, 0.1) is 0 Å². The highest BCUT2D eigenvalue weighted by Crippen LogP contribution is 2.39. The van der Waals surface area contributed by atoms with E-state index in [1.165, 1.54) is 0 Å². The third-order valence-electron chi connectivity index (χ3n) is 2.12. The number of hydrogen-bond donors (Lipinski definition) is 0. The van der Waals surface area contributed by atoms with E-state index in [2.05, 4.69) is 0 Å². The molecule has 14 heavy (non-hydrogen) atoms. The summed E-state index contributed by atoms with van der Waals surface area (Å²) < 4.78 is -0.0474. The largest absolute Gasteiger partial charge is 0.309 e. The van der Waals surface area contributed by atoms with Gasteiger partial charge in [0.25, 0.3) is 0 Å². The normalized spacial score (nSPS) is 20.4. The lowest BCUT2D eigenvalue weighted by Gasteiger charge is -2.30. The molecule has 0 fully saturated rings. The molecular weight excluding hydrogens is 218 g/mol. The van der Waals surface area contributed by atoms with E-state index in [0.717, 1.165) is 10.6 Å². The molecule has 1 amide bonds. The second kappa shape index (κ2) is 3.83. The summed E-state index contributed by atoms with van der Waals surface area (Å²) in [6.07, 6.45) is 0. The Kier molecular flexibility index (Phi) is 2.70. The van der Waals surface area contributed by atoms with Crippen LogP contribution in [0.15, 0.2) is 29.2 Å². The first-order valence-electron chi connectivity index (χ1n) is 4.36. The minimum absolute atomic E-state index is 0.0448. The second-order valence-corrected chi connectivity index (χ2v) is 5.16. The molecule has 1 heterocycles. The van der Waals surface area contributed by atoms with Gasteiger partial charge in [-0.25, -0.2) is 0 Å². The van der Waals surface area contributed by atoms with Gasteiger partial charge in [0.2, 0.25) is 5.91 Å². The van der Waals surface area contributed by atoms with E-state index >= 15 is 0 Å².